The molecule has 1 atom stereocenters. The van der Waals surface area contributed by atoms with Crippen molar-refractivity contribution in [2.75, 3.05) is 6.61 Å². The predicted molar refractivity (Wildman–Crippen MR) is 70.0 cm³/mol. The van der Waals surface area contributed by atoms with Crippen molar-refractivity contribution < 1.29 is 13.9 Å². The second kappa shape index (κ2) is 6.34. The van der Waals surface area contributed by atoms with Gasteiger partial charge >= 0.3 is 5.97 Å². The van der Waals surface area contributed by atoms with E-state index >= 15 is 0 Å². The van der Waals surface area contributed by atoms with Gasteiger partial charge in [0, 0.05) is 0 Å². The van der Waals surface area contributed by atoms with Crippen molar-refractivity contribution >= 4 is 5.97 Å². The maximum atomic E-state index is 14.1. The third kappa shape index (κ3) is 3.99. The molecule has 1 aromatic carbocycles. The summed E-state index contributed by atoms with van der Waals surface area (Å²) in [5, 5.41) is 0. The third-order valence-electron chi connectivity index (χ3n) is 2.45. The average molecular weight is 250 g/mol. The summed E-state index contributed by atoms with van der Waals surface area (Å²) in [6.07, 6.45) is -1.51. The quantitative estimate of drug-likeness (QED) is 0.587. The van der Waals surface area contributed by atoms with Crippen LogP contribution in [0.25, 0.3) is 0 Å². The van der Waals surface area contributed by atoms with E-state index in [0.29, 0.717) is 5.56 Å². The van der Waals surface area contributed by atoms with E-state index in [1.165, 1.54) is 0 Å². The lowest BCUT2D eigenvalue weighted by Crippen LogP contribution is -2.14. The van der Waals surface area contributed by atoms with Gasteiger partial charge in [0.25, 0.3) is 0 Å². The maximum Gasteiger partial charge on any atom is 0.336 e. The minimum absolute atomic E-state index is 0.152. The highest BCUT2D eigenvalue weighted by molar-refractivity contribution is 5.89. The molecule has 0 fully saturated rings. The lowest BCUT2D eigenvalue weighted by Gasteiger charge is -2.13. The zero-order valence-electron chi connectivity index (χ0n) is 11.1. The van der Waals surface area contributed by atoms with Crippen molar-refractivity contribution in [1.29, 1.82) is 0 Å². The van der Waals surface area contributed by atoms with E-state index in [1.807, 2.05) is 26.8 Å². The van der Waals surface area contributed by atoms with Gasteiger partial charge in [0.15, 0.2) is 6.17 Å². The lowest BCUT2D eigenvalue weighted by atomic mass is 10.0. The molecule has 0 spiro atoms. The molecular weight excluding hydrogens is 231 g/mol. The smallest absolute Gasteiger partial charge is 0.336 e. The Morgan fingerprint density at radius 1 is 1.44 bits per heavy atom. The van der Waals surface area contributed by atoms with Crippen LogP contribution in [-0.4, -0.2) is 12.6 Å². The van der Waals surface area contributed by atoms with Crippen LogP contribution in [0.1, 0.15) is 31.1 Å². The van der Waals surface area contributed by atoms with Gasteiger partial charge in [0.05, 0.1) is 12.2 Å². The molecule has 0 N–H and O–H groups in total. The normalized spacial score (nSPS) is 12.3. The molecule has 0 heterocycles. The highest BCUT2D eigenvalue weighted by Gasteiger charge is 2.21. The standard InChI is InChI=1S/C15H19FO2/c1-10(2)9-18-15(17)12(4)14(16)13-7-5-6-11(3)8-13/h5-8,10,14H,4,9H2,1-3H3. The number of hydrogen-bond donors (Lipinski definition) is 0. The predicted octanol–water partition coefficient (Wildman–Crippen LogP) is 3.76. The second-order valence-corrected chi connectivity index (χ2v) is 4.79. The molecule has 1 unspecified atom stereocenters. The van der Waals surface area contributed by atoms with E-state index in [2.05, 4.69) is 6.58 Å². The van der Waals surface area contributed by atoms with Crippen LogP contribution in [0.5, 0.6) is 0 Å². The van der Waals surface area contributed by atoms with Crippen LogP contribution in [0.3, 0.4) is 0 Å². The van der Waals surface area contributed by atoms with Crippen molar-refractivity contribution in [2.24, 2.45) is 5.92 Å². The fourth-order valence-corrected chi connectivity index (χ4v) is 1.47. The monoisotopic (exact) mass is 250 g/mol. The van der Waals surface area contributed by atoms with Crippen molar-refractivity contribution in [3.63, 3.8) is 0 Å². The average Bonchev–Trinajstić information content (AvgIpc) is 2.34. The molecule has 0 saturated heterocycles. The first-order valence-corrected chi connectivity index (χ1v) is 5.98. The Bertz CT molecular complexity index is 438. The number of benzene rings is 1. The molecule has 18 heavy (non-hydrogen) atoms. The highest BCUT2D eigenvalue weighted by atomic mass is 19.1. The van der Waals surface area contributed by atoms with E-state index in [0.717, 1.165) is 5.56 Å². The molecule has 3 heteroatoms. The van der Waals surface area contributed by atoms with E-state index in [1.54, 1.807) is 18.2 Å². The zero-order valence-corrected chi connectivity index (χ0v) is 11.1. The van der Waals surface area contributed by atoms with Crippen molar-refractivity contribution in [3.05, 3.63) is 47.5 Å². The van der Waals surface area contributed by atoms with Crippen LogP contribution in [0.15, 0.2) is 36.4 Å². The van der Waals surface area contributed by atoms with Crippen LogP contribution in [0, 0.1) is 12.8 Å². The van der Waals surface area contributed by atoms with Crippen molar-refractivity contribution in [2.45, 2.75) is 26.9 Å². The molecule has 0 aliphatic carbocycles. The topological polar surface area (TPSA) is 26.3 Å². The molecule has 1 aromatic rings. The summed E-state index contributed by atoms with van der Waals surface area (Å²) in [5.74, 6) is -0.448. The Kier molecular flexibility index (Phi) is 5.08. The first kappa shape index (κ1) is 14.4. The number of aryl methyl sites for hydroxylation is 1. The summed E-state index contributed by atoms with van der Waals surface area (Å²) in [4.78, 5) is 11.6. The number of carbonyl (C=O) groups excluding carboxylic acids is 1. The molecule has 0 bridgehead atoms. The zero-order chi connectivity index (χ0) is 13.7. The number of ether oxygens (including phenoxy) is 1. The Morgan fingerprint density at radius 2 is 2.11 bits per heavy atom. The number of hydrogen-bond acceptors (Lipinski definition) is 2. The molecule has 1 rings (SSSR count). The third-order valence-corrected chi connectivity index (χ3v) is 2.45. The molecule has 0 aliphatic rings. The molecule has 2 nitrogen and oxygen atoms in total. The van der Waals surface area contributed by atoms with Crippen LogP contribution in [0.4, 0.5) is 4.39 Å². The largest absolute Gasteiger partial charge is 0.462 e. The molecular formula is C15H19FO2. The minimum Gasteiger partial charge on any atom is -0.462 e. The van der Waals surface area contributed by atoms with Crippen LogP contribution < -0.4 is 0 Å². The van der Waals surface area contributed by atoms with Gasteiger partial charge in [-0.3, -0.25) is 0 Å². The summed E-state index contributed by atoms with van der Waals surface area (Å²) in [6, 6.07) is 6.96. The lowest BCUT2D eigenvalue weighted by molar-refractivity contribution is -0.140. The van der Waals surface area contributed by atoms with Crippen LogP contribution in [0.2, 0.25) is 0 Å². The number of carbonyl (C=O) groups is 1. The fraction of sp³-hybridized carbons (Fsp3) is 0.400. The first-order chi connectivity index (χ1) is 8.41. The Hall–Kier alpha value is -1.64. The Labute approximate surface area is 107 Å². The molecule has 98 valence electrons. The summed E-state index contributed by atoms with van der Waals surface area (Å²) in [5.41, 5.74) is 1.22. The van der Waals surface area contributed by atoms with Gasteiger partial charge in [0.2, 0.25) is 0 Å². The molecule has 0 radical (unpaired) electrons. The van der Waals surface area contributed by atoms with Crippen LogP contribution in [-0.2, 0) is 9.53 Å². The Balaban J connectivity index is 2.69. The van der Waals surface area contributed by atoms with E-state index in [9.17, 15) is 9.18 Å². The number of halogens is 1. The van der Waals surface area contributed by atoms with Crippen molar-refractivity contribution in [1.82, 2.24) is 0 Å². The molecule has 0 aliphatic heterocycles. The number of alkyl halides is 1. The van der Waals surface area contributed by atoms with Gasteiger partial charge < -0.3 is 4.74 Å². The van der Waals surface area contributed by atoms with Gasteiger partial charge in [-0.2, -0.15) is 0 Å². The molecule has 0 aromatic heterocycles. The summed E-state index contributed by atoms with van der Waals surface area (Å²) in [6.45, 7) is 9.48. The van der Waals surface area contributed by atoms with Gasteiger partial charge in [-0.1, -0.05) is 50.3 Å². The second-order valence-electron chi connectivity index (χ2n) is 4.79. The first-order valence-electron chi connectivity index (χ1n) is 5.98. The summed E-state index contributed by atoms with van der Waals surface area (Å²) in [7, 11) is 0. The SMILES string of the molecule is C=C(C(=O)OCC(C)C)C(F)c1cccc(C)c1. The van der Waals surface area contributed by atoms with E-state index in [4.69, 9.17) is 4.74 Å². The van der Waals surface area contributed by atoms with E-state index < -0.39 is 12.1 Å². The fourth-order valence-electron chi connectivity index (χ4n) is 1.47. The summed E-state index contributed by atoms with van der Waals surface area (Å²) < 4.78 is 19.0. The number of rotatable bonds is 5. The molecule has 0 saturated carbocycles. The maximum absolute atomic E-state index is 14.1. The minimum atomic E-state index is -1.51. The Morgan fingerprint density at radius 3 is 2.67 bits per heavy atom. The highest BCUT2D eigenvalue weighted by Crippen LogP contribution is 2.26. The van der Waals surface area contributed by atoms with Crippen LogP contribution >= 0.6 is 0 Å². The van der Waals surface area contributed by atoms with Gasteiger partial charge in [-0.25, -0.2) is 9.18 Å². The number of esters is 1. The van der Waals surface area contributed by atoms with Gasteiger partial charge in [0.1, 0.15) is 0 Å². The molecule has 0 amide bonds. The van der Waals surface area contributed by atoms with Gasteiger partial charge in [-0.05, 0) is 18.4 Å². The van der Waals surface area contributed by atoms with E-state index in [-0.39, 0.29) is 18.1 Å². The summed E-state index contributed by atoms with van der Waals surface area (Å²) >= 11 is 0. The van der Waals surface area contributed by atoms with Crippen molar-refractivity contribution in [3.8, 4) is 0 Å². The van der Waals surface area contributed by atoms with Gasteiger partial charge in [-0.15, -0.1) is 0 Å².